The van der Waals surface area contributed by atoms with E-state index in [-0.39, 0.29) is 21.4 Å². The van der Waals surface area contributed by atoms with Crippen molar-refractivity contribution in [2.45, 2.75) is 6.92 Å². The van der Waals surface area contributed by atoms with Crippen LogP contribution >= 0.6 is 15.9 Å². The van der Waals surface area contributed by atoms with E-state index < -0.39 is 10.9 Å². The van der Waals surface area contributed by atoms with Crippen LogP contribution in [0.1, 0.15) is 15.9 Å². The average molecular weight is 311 g/mol. The Bertz CT molecular complexity index is 684. The van der Waals surface area contributed by atoms with Crippen LogP contribution in [0, 0.1) is 17.0 Å². The van der Waals surface area contributed by atoms with Crippen LogP contribution in [0.15, 0.2) is 22.8 Å². The largest absolute Gasteiger partial charge is 0.478 e. The smallest absolute Gasteiger partial charge is 0.336 e. The molecular weight excluding hydrogens is 304 g/mol. The Hall–Kier alpha value is -2.02. The number of hydrogen-bond donors (Lipinski definition) is 1. The van der Waals surface area contributed by atoms with Crippen molar-refractivity contribution in [3.05, 3.63) is 44.0 Å². The van der Waals surface area contributed by atoms with Crippen molar-refractivity contribution in [2.75, 3.05) is 0 Å². The van der Waals surface area contributed by atoms with E-state index in [0.29, 0.717) is 10.9 Å². The molecule has 1 aromatic heterocycles. The summed E-state index contributed by atoms with van der Waals surface area (Å²) in [6.07, 6.45) is 0. The summed E-state index contributed by atoms with van der Waals surface area (Å²) < 4.78 is 0.251. The number of carbonyl (C=O) groups is 1. The second kappa shape index (κ2) is 4.34. The van der Waals surface area contributed by atoms with E-state index in [0.717, 1.165) is 0 Å². The molecule has 0 aliphatic heterocycles. The van der Waals surface area contributed by atoms with Crippen molar-refractivity contribution in [2.24, 2.45) is 0 Å². The fourth-order valence-electron chi connectivity index (χ4n) is 1.78. The first-order valence-corrected chi connectivity index (χ1v) is 5.68. The Balaban J connectivity index is 3.01. The quantitative estimate of drug-likeness (QED) is 0.523. The zero-order valence-corrected chi connectivity index (χ0v) is 10.8. The Morgan fingerprint density at radius 3 is 2.72 bits per heavy atom. The molecule has 0 saturated heterocycles. The number of nitrogens with zero attached hydrogens (tertiary/aromatic N) is 2. The number of non-ortho nitro benzene ring substituents is 1. The Morgan fingerprint density at radius 2 is 2.17 bits per heavy atom. The van der Waals surface area contributed by atoms with Crippen molar-refractivity contribution in [3.8, 4) is 0 Å². The number of carboxylic acids is 1. The summed E-state index contributed by atoms with van der Waals surface area (Å²) in [4.78, 5) is 25.5. The Labute approximate surface area is 110 Å². The second-order valence-corrected chi connectivity index (χ2v) is 4.49. The maximum Gasteiger partial charge on any atom is 0.336 e. The summed E-state index contributed by atoms with van der Waals surface area (Å²) in [5, 5.41) is 20.4. The van der Waals surface area contributed by atoms with Crippen molar-refractivity contribution in [1.29, 1.82) is 0 Å². The highest BCUT2D eigenvalue weighted by Crippen LogP contribution is 2.31. The highest BCUT2D eigenvalue weighted by atomic mass is 79.9. The van der Waals surface area contributed by atoms with E-state index in [1.54, 1.807) is 6.92 Å². The topological polar surface area (TPSA) is 93.3 Å². The van der Waals surface area contributed by atoms with Crippen molar-refractivity contribution in [3.63, 3.8) is 0 Å². The van der Waals surface area contributed by atoms with Gasteiger partial charge in [-0.3, -0.25) is 10.1 Å². The van der Waals surface area contributed by atoms with E-state index in [2.05, 4.69) is 20.9 Å². The molecule has 0 atom stereocenters. The van der Waals surface area contributed by atoms with Crippen molar-refractivity contribution in [1.82, 2.24) is 4.98 Å². The van der Waals surface area contributed by atoms with Crippen molar-refractivity contribution >= 4 is 38.5 Å². The molecular formula is C11H7BrN2O4. The summed E-state index contributed by atoms with van der Waals surface area (Å²) >= 11 is 3.06. The first-order valence-electron chi connectivity index (χ1n) is 4.89. The van der Waals surface area contributed by atoms with Gasteiger partial charge in [0.1, 0.15) is 4.60 Å². The first-order chi connectivity index (χ1) is 8.41. The van der Waals surface area contributed by atoms with Gasteiger partial charge in [0.05, 0.1) is 10.5 Å². The third-order valence-electron chi connectivity index (χ3n) is 2.54. The number of aromatic nitrogens is 1. The van der Waals surface area contributed by atoms with Gasteiger partial charge < -0.3 is 5.11 Å². The molecule has 0 aliphatic carbocycles. The van der Waals surface area contributed by atoms with Crippen LogP contribution in [0.2, 0.25) is 0 Å². The van der Waals surface area contributed by atoms with Crippen molar-refractivity contribution < 1.29 is 14.8 Å². The number of nitro benzene ring substituents is 1. The molecule has 0 saturated carbocycles. The Kier molecular flexibility index (Phi) is 3.00. The third-order valence-corrected chi connectivity index (χ3v) is 2.95. The van der Waals surface area contributed by atoms with Gasteiger partial charge in [0, 0.05) is 11.5 Å². The van der Waals surface area contributed by atoms with Gasteiger partial charge in [0.2, 0.25) is 0 Å². The molecule has 2 aromatic rings. The molecule has 18 heavy (non-hydrogen) atoms. The normalized spacial score (nSPS) is 10.6. The van der Waals surface area contributed by atoms with Crippen LogP contribution in [0.3, 0.4) is 0 Å². The lowest BCUT2D eigenvalue weighted by molar-refractivity contribution is -0.383. The van der Waals surface area contributed by atoms with Gasteiger partial charge in [-0.25, -0.2) is 9.78 Å². The molecule has 1 N–H and O–H groups in total. The summed E-state index contributed by atoms with van der Waals surface area (Å²) in [6, 6.07) is 4.17. The van der Waals surface area contributed by atoms with Gasteiger partial charge >= 0.3 is 5.97 Å². The predicted octanol–water partition coefficient (Wildman–Crippen LogP) is 2.91. The molecule has 1 aromatic carbocycles. The van der Waals surface area contributed by atoms with Gasteiger partial charge in [-0.15, -0.1) is 0 Å². The molecule has 7 heteroatoms. The molecule has 0 bridgehead atoms. The molecule has 0 spiro atoms. The second-order valence-electron chi connectivity index (χ2n) is 3.68. The molecule has 0 amide bonds. The maximum absolute atomic E-state index is 11.2. The SMILES string of the molecule is Cc1ccc([N+](=O)[O-])c2nc(Br)cc(C(=O)O)c12. The van der Waals surface area contributed by atoms with E-state index in [9.17, 15) is 14.9 Å². The number of carboxylic acid groups (broad SMARTS) is 1. The number of aryl methyl sites for hydroxylation is 1. The zero-order valence-electron chi connectivity index (χ0n) is 9.18. The predicted molar refractivity (Wildman–Crippen MR) is 67.8 cm³/mol. The molecule has 2 rings (SSSR count). The number of rotatable bonds is 2. The lowest BCUT2D eigenvalue weighted by Crippen LogP contribution is -2.02. The minimum Gasteiger partial charge on any atom is -0.478 e. The molecule has 6 nitrogen and oxygen atoms in total. The van der Waals surface area contributed by atoms with Gasteiger partial charge in [-0.2, -0.15) is 0 Å². The van der Waals surface area contributed by atoms with E-state index in [4.69, 9.17) is 5.11 Å². The standard InChI is InChI=1S/C11H7BrN2O4/c1-5-2-3-7(14(17)18)10-9(5)6(11(15)16)4-8(12)13-10/h2-4H,1H3,(H,15,16). The monoisotopic (exact) mass is 310 g/mol. The number of nitro groups is 1. The summed E-state index contributed by atoms with van der Waals surface area (Å²) in [6.45, 7) is 1.69. The summed E-state index contributed by atoms with van der Waals surface area (Å²) in [5.74, 6) is -1.15. The van der Waals surface area contributed by atoms with E-state index in [1.165, 1.54) is 18.2 Å². The maximum atomic E-state index is 11.2. The van der Waals surface area contributed by atoms with Gasteiger partial charge in [0.25, 0.3) is 5.69 Å². The first kappa shape index (κ1) is 12.4. The fourth-order valence-corrected chi connectivity index (χ4v) is 2.19. The minimum atomic E-state index is -1.15. The molecule has 1 heterocycles. The van der Waals surface area contributed by atoms with Crippen LogP contribution in [-0.2, 0) is 0 Å². The van der Waals surface area contributed by atoms with Crippen LogP contribution in [-0.4, -0.2) is 21.0 Å². The molecule has 0 radical (unpaired) electrons. The number of fused-ring (bicyclic) bond motifs is 1. The average Bonchev–Trinajstić information content (AvgIpc) is 2.27. The molecule has 92 valence electrons. The highest BCUT2D eigenvalue weighted by Gasteiger charge is 2.20. The number of halogens is 1. The minimum absolute atomic E-state index is 0.00641. The molecule has 0 fully saturated rings. The van der Waals surface area contributed by atoms with Crippen LogP contribution in [0.25, 0.3) is 10.9 Å². The number of benzene rings is 1. The fraction of sp³-hybridized carbons (Fsp3) is 0.0909. The third kappa shape index (κ3) is 1.92. The Morgan fingerprint density at radius 1 is 1.50 bits per heavy atom. The zero-order chi connectivity index (χ0) is 13.4. The highest BCUT2D eigenvalue weighted by molar-refractivity contribution is 9.10. The number of aromatic carboxylic acids is 1. The number of pyridine rings is 1. The van der Waals surface area contributed by atoms with E-state index in [1.807, 2.05) is 0 Å². The van der Waals surface area contributed by atoms with E-state index >= 15 is 0 Å². The van der Waals surface area contributed by atoms with Gasteiger partial charge in [0.15, 0.2) is 5.52 Å². The lowest BCUT2D eigenvalue weighted by atomic mass is 10.0. The summed E-state index contributed by atoms with van der Waals surface area (Å²) in [7, 11) is 0. The number of hydrogen-bond acceptors (Lipinski definition) is 4. The molecule has 0 aliphatic rings. The molecule has 0 unspecified atom stereocenters. The van der Waals surface area contributed by atoms with Crippen LogP contribution < -0.4 is 0 Å². The van der Waals surface area contributed by atoms with Crippen LogP contribution in [0.5, 0.6) is 0 Å². The summed E-state index contributed by atoms with van der Waals surface area (Å²) in [5.41, 5.74) is 0.493. The van der Waals surface area contributed by atoms with Gasteiger partial charge in [-0.05, 0) is 34.5 Å². The van der Waals surface area contributed by atoms with Crippen LogP contribution in [0.4, 0.5) is 5.69 Å². The lowest BCUT2D eigenvalue weighted by Gasteiger charge is -2.06. The van der Waals surface area contributed by atoms with Gasteiger partial charge in [-0.1, -0.05) is 6.07 Å².